The number of aliphatic imine (C=N–C) groups is 2. The van der Waals surface area contributed by atoms with Gasteiger partial charge in [-0.25, -0.2) is 0 Å². The number of carbonyl (C=O) groups excluding carboxylic acids is 4. The predicted molar refractivity (Wildman–Crippen MR) is 167 cm³/mol. The Bertz CT molecular complexity index is 1170. The SMILES string of the molecule is CCNC(=O)[C@H](Cc1ccc(O)cc1)NC(=O)[C@@H]1CCCN1C(=O)[C@H](CCCN=C(N)N)NC(=O)[C@@H](N)CCCN=C(N)N. The number of nitrogens with two attached hydrogens (primary N) is 5. The number of benzene rings is 1. The van der Waals surface area contributed by atoms with Crippen LogP contribution in [0.4, 0.5) is 0 Å². The molecular weight excluding hydrogens is 570 g/mol. The summed E-state index contributed by atoms with van der Waals surface area (Å²) in [6.07, 6.45) is 2.46. The van der Waals surface area contributed by atoms with Gasteiger partial charge < -0.3 is 54.6 Å². The van der Waals surface area contributed by atoms with E-state index in [9.17, 15) is 24.3 Å². The summed E-state index contributed by atoms with van der Waals surface area (Å²) >= 11 is 0. The van der Waals surface area contributed by atoms with E-state index in [0.717, 1.165) is 5.56 Å². The lowest BCUT2D eigenvalue weighted by Crippen LogP contribution is -2.57. The maximum Gasteiger partial charge on any atom is 0.245 e. The van der Waals surface area contributed by atoms with Crippen LogP contribution in [-0.2, 0) is 25.6 Å². The number of hydrogen-bond donors (Lipinski definition) is 9. The average Bonchev–Trinajstić information content (AvgIpc) is 3.47. The molecule has 16 heteroatoms. The lowest BCUT2D eigenvalue weighted by Gasteiger charge is -2.30. The zero-order valence-corrected chi connectivity index (χ0v) is 25.2. The molecule has 44 heavy (non-hydrogen) atoms. The number of guanidine groups is 2. The maximum absolute atomic E-state index is 13.8. The summed E-state index contributed by atoms with van der Waals surface area (Å²) in [4.78, 5) is 62.3. The minimum absolute atomic E-state index is 0.0590. The number of phenolic OH excluding ortho intramolecular Hbond substituents is 1. The number of nitrogens with one attached hydrogen (secondary N) is 3. The summed E-state index contributed by atoms with van der Waals surface area (Å²) in [5, 5.41) is 17.9. The standard InChI is InChI=1S/C28H47N11O5/c1-2-34-24(42)21(16-17-9-11-18(40)12-10-17)38-25(43)22-8-5-15-39(22)26(44)20(7-4-14-36-28(32)33)37-23(41)19(29)6-3-13-35-27(30)31/h9-12,19-22,40H,2-8,13-16,29H2,1H3,(H,34,42)(H,37,41)(H,38,43)(H4,30,31,35)(H4,32,33,36)/t19-,20-,21-,22-/m0/s1. The first kappa shape index (κ1) is 35.6. The summed E-state index contributed by atoms with van der Waals surface area (Å²) in [6, 6.07) is 2.70. The molecule has 244 valence electrons. The van der Waals surface area contributed by atoms with Crippen molar-refractivity contribution in [3.05, 3.63) is 29.8 Å². The van der Waals surface area contributed by atoms with E-state index < -0.39 is 41.9 Å². The first-order valence-electron chi connectivity index (χ1n) is 14.8. The number of carbonyl (C=O) groups is 4. The Kier molecular flexibility index (Phi) is 14.7. The van der Waals surface area contributed by atoms with Crippen molar-refractivity contribution in [2.24, 2.45) is 38.7 Å². The van der Waals surface area contributed by atoms with Crippen LogP contribution in [0.5, 0.6) is 5.75 Å². The van der Waals surface area contributed by atoms with Crippen molar-refractivity contribution in [1.82, 2.24) is 20.9 Å². The predicted octanol–water partition coefficient (Wildman–Crippen LogP) is -2.53. The highest BCUT2D eigenvalue weighted by molar-refractivity contribution is 5.95. The number of phenols is 1. The average molecular weight is 618 g/mol. The Balaban J connectivity index is 2.16. The Labute approximate surface area is 257 Å². The molecule has 1 heterocycles. The van der Waals surface area contributed by atoms with Crippen LogP contribution in [0.25, 0.3) is 0 Å². The van der Waals surface area contributed by atoms with Gasteiger partial charge in [-0.1, -0.05) is 12.1 Å². The fourth-order valence-electron chi connectivity index (χ4n) is 4.84. The molecule has 14 N–H and O–H groups in total. The highest BCUT2D eigenvalue weighted by Gasteiger charge is 2.39. The summed E-state index contributed by atoms with van der Waals surface area (Å²) in [7, 11) is 0. The van der Waals surface area contributed by atoms with Gasteiger partial charge in [0.05, 0.1) is 6.04 Å². The van der Waals surface area contributed by atoms with Crippen molar-refractivity contribution in [1.29, 1.82) is 0 Å². The van der Waals surface area contributed by atoms with E-state index in [1.165, 1.54) is 17.0 Å². The van der Waals surface area contributed by atoms with Crippen molar-refractivity contribution in [2.75, 3.05) is 26.2 Å². The number of amides is 4. The van der Waals surface area contributed by atoms with Crippen molar-refractivity contribution in [2.45, 2.75) is 76.0 Å². The quantitative estimate of drug-likeness (QED) is 0.0501. The molecule has 16 nitrogen and oxygen atoms in total. The maximum atomic E-state index is 13.8. The summed E-state index contributed by atoms with van der Waals surface area (Å²) in [5.74, 6) is -1.89. The number of rotatable bonds is 17. The van der Waals surface area contributed by atoms with Gasteiger partial charge in [-0.2, -0.15) is 0 Å². The lowest BCUT2D eigenvalue weighted by atomic mass is 10.0. The molecule has 4 atom stereocenters. The molecule has 1 aromatic carbocycles. The van der Waals surface area contributed by atoms with Gasteiger partial charge in [-0.05, 0) is 63.1 Å². The van der Waals surface area contributed by atoms with E-state index >= 15 is 0 Å². The smallest absolute Gasteiger partial charge is 0.245 e. The zero-order valence-electron chi connectivity index (χ0n) is 25.2. The molecule has 1 aliphatic heterocycles. The first-order valence-corrected chi connectivity index (χ1v) is 14.8. The minimum atomic E-state index is -0.981. The molecule has 0 saturated carbocycles. The molecule has 2 rings (SSSR count). The van der Waals surface area contributed by atoms with E-state index in [-0.39, 0.29) is 49.4 Å². The fourth-order valence-corrected chi connectivity index (χ4v) is 4.84. The second-order valence-corrected chi connectivity index (χ2v) is 10.6. The van der Waals surface area contributed by atoms with Crippen LogP contribution < -0.4 is 44.6 Å². The minimum Gasteiger partial charge on any atom is -0.508 e. The molecule has 1 aliphatic rings. The van der Waals surface area contributed by atoms with Crippen LogP contribution in [0.3, 0.4) is 0 Å². The zero-order chi connectivity index (χ0) is 32.6. The molecule has 1 fully saturated rings. The van der Waals surface area contributed by atoms with E-state index in [0.29, 0.717) is 45.3 Å². The number of hydrogen-bond acceptors (Lipinski definition) is 8. The van der Waals surface area contributed by atoms with Crippen molar-refractivity contribution in [3.8, 4) is 5.75 Å². The fraction of sp³-hybridized carbons (Fsp3) is 0.571. The monoisotopic (exact) mass is 617 g/mol. The number of likely N-dealkylation sites (tertiary alicyclic amines) is 1. The third-order valence-corrected chi connectivity index (χ3v) is 7.06. The molecule has 0 unspecified atom stereocenters. The molecule has 0 aromatic heterocycles. The van der Waals surface area contributed by atoms with Gasteiger partial charge in [0.15, 0.2) is 11.9 Å². The van der Waals surface area contributed by atoms with Crippen LogP contribution in [0, 0.1) is 0 Å². The molecule has 0 bridgehead atoms. The number of nitrogens with zero attached hydrogens (tertiary/aromatic N) is 3. The van der Waals surface area contributed by atoms with Crippen LogP contribution in [0.15, 0.2) is 34.3 Å². The largest absolute Gasteiger partial charge is 0.508 e. The van der Waals surface area contributed by atoms with Crippen LogP contribution in [0.2, 0.25) is 0 Å². The second kappa shape index (κ2) is 18.1. The molecule has 4 amide bonds. The summed E-state index contributed by atoms with van der Waals surface area (Å²) < 4.78 is 0. The van der Waals surface area contributed by atoms with Gasteiger partial charge >= 0.3 is 0 Å². The van der Waals surface area contributed by atoms with Crippen LogP contribution in [0.1, 0.15) is 51.0 Å². The van der Waals surface area contributed by atoms with Gasteiger partial charge in [0.25, 0.3) is 0 Å². The molecule has 1 saturated heterocycles. The number of likely N-dealkylation sites (N-methyl/N-ethyl adjacent to an activating group) is 1. The Hall–Kier alpha value is -4.60. The van der Waals surface area contributed by atoms with E-state index in [2.05, 4.69) is 25.9 Å². The van der Waals surface area contributed by atoms with Gasteiger partial charge in [0.1, 0.15) is 23.9 Å². The van der Waals surface area contributed by atoms with Gasteiger partial charge in [0, 0.05) is 32.6 Å². The Morgan fingerprint density at radius 3 is 2.14 bits per heavy atom. The highest BCUT2D eigenvalue weighted by Crippen LogP contribution is 2.21. The van der Waals surface area contributed by atoms with Gasteiger partial charge in [-0.15, -0.1) is 0 Å². The van der Waals surface area contributed by atoms with E-state index in [4.69, 9.17) is 28.7 Å². The normalized spacial score (nSPS) is 16.2. The third-order valence-electron chi connectivity index (χ3n) is 7.06. The Morgan fingerprint density at radius 2 is 1.55 bits per heavy atom. The Morgan fingerprint density at radius 1 is 0.932 bits per heavy atom. The molecule has 0 radical (unpaired) electrons. The second-order valence-electron chi connectivity index (χ2n) is 10.6. The summed E-state index contributed by atoms with van der Waals surface area (Å²) in [5.41, 5.74) is 28.3. The lowest BCUT2D eigenvalue weighted by molar-refractivity contribution is -0.142. The van der Waals surface area contributed by atoms with Crippen molar-refractivity contribution in [3.63, 3.8) is 0 Å². The van der Waals surface area contributed by atoms with Crippen LogP contribution in [-0.4, -0.2) is 95.9 Å². The molecule has 0 aliphatic carbocycles. The van der Waals surface area contributed by atoms with Gasteiger partial charge in [-0.3, -0.25) is 29.2 Å². The van der Waals surface area contributed by atoms with Crippen molar-refractivity contribution >= 4 is 35.5 Å². The van der Waals surface area contributed by atoms with Crippen LogP contribution >= 0.6 is 0 Å². The topological polar surface area (TPSA) is 283 Å². The first-order chi connectivity index (χ1) is 20.9. The van der Waals surface area contributed by atoms with Gasteiger partial charge in [0.2, 0.25) is 23.6 Å². The highest BCUT2D eigenvalue weighted by atomic mass is 16.3. The molecule has 0 spiro atoms. The van der Waals surface area contributed by atoms with Crippen molar-refractivity contribution < 1.29 is 24.3 Å². The van der Waals surface area contributed by atoms with E-state index in [1.54, 1.807) is 19.1 Å². The number of aromatic hydroxyl groups is 1. The van der Waals surface area contributed by atoms with E-state index in [1.807, 2.05) is 0 Å². The summed E-state index contributed by atoms with van der Waals surface area (Å²) in [6.45, 7) is 2.98. The third kappa shape index (κ3) is 11.9. The molecular formula is C28H47N11O5. The molecule has 1 aromatic rings.